The molecule has 0 aliphatic carbocycles. The third kappa shape index (κ3) is 3.93. The van der Waals surface area contributed by atoms with Crippen LogP contribution in [0.1, 0.15) is 15.9 Å². The number of pyridine rings is 1. The van der Waals surface area contributed by atoms with Crippen LogP contribution in [0.5, 0.6) is 0 Å². The fraction of sp³-hybridized carbons (Fsp3) is 0.0714. The molecule has 2 N–H and O–H groups in total. The van der Waals surface area contributed by atoms with Gasteiger partial charge in [-0.25, -0.2) is 4.98 Å². The molecule has 0 spiro atoms. The number of carboxylic acid groups (broad SMARTS) is 1. The Bertz CT molecular complexity index is 704. The van der Waals surface area contributed by atoms with E-state index < -0.39 is 11.9 Å². The number of hydrogen-bond donors (Lipinski definition) is 2. The van der Waals surface area contributed by atoms with Crippen molar-refractivity contribution in [1.29, 1.82) is 0 Å². The minimum atomic E-state index is -0.985. The van der Waals surface area contributed by atoms with Crippen molar-refractivity contribution in [3.63, 3.8) is 0 Å². The maximum Gasteiger partial charge on any atom is 0.307 e. The van der Waals surface area contributed by atoms with Crippen LogP contribution in [0.4, 0.5) is 5.69 Å². The van der Waals surface area contributed by atoms with E-state index in [4.69, 9.17) is 28.3 Å². The number of halogens is 2. The lowest BCUT2D eigenvalue weighted by Crippen LogP contribution is -2.15. The summed E-state index contributed by atoms with van der Waals surface area (Å²) in [5, 5.41) is 11.8. The number of benzene rings is 1. The Hall–Kier alpha value is -2.11. The molecule has 0 unspecified atom stereocenters. The first-order chi connectivity index (χ1) is 9.97. The fourth-order valence-electron chi connectivity index (χ4n) is 1.74. The second-order valence-electron chi connectivity index (χ2n) is 4.17. The number of amides is 1. The number of carboxylic acids is 1. The van der Waals surface area contributed by atoms with Crippen LogP contribution in [0.25, 0.3) is 0 Å². The van der Waals surface area contributed by atoms with Gasteiger partial charge >= 0.3 is 5.97 Å². The van der Waals surface area contributed by atoms with Crippen molar-refractivity contribution in [1.82, 2.24) is 4.98 Å². The van der Waals surface area contributed by atoms with Crippen LogP contribution in [0.15, 0.2) is 36.5 Å². The van der Waals surface area contributed by atoms with Gasteiger partial charge in [-0.2, -0.15) is 0 Å². The van der Waals surface area contributed by atoms with E-state index in [2.05, 4.69) is 10.3 Å². The smallest absolute Gasteiger partial charge is 0.307 e. The van der Waals surface area contributed by atoms with Crippen LogP contribution in [0.2, 0.25) is 10.2 Å². The van der Waals surface area contributed by atoms with Crippen LogP contribution in [-0.2, 0) is 11.2 Å². The number of nitrogens with zero attached hydrogens (tertiary/aromatic N) is 1. The first-order valence-corrected chi connectivity index (χ1v) is 6.65. The third-order valence-electron chi connectivity index (χ3n) is 2.67. The summed E-state index contributed by atoms with van der Waals surface area (Å²) in [6.07, 6.45) is 1.09. The summed E-state index contributed by atoms with van der Waals surface area (Å²) >= 11 is 11.6. The predicted molar refractivity (Wildman–Crippen MR) is 80.0 cm³/mol. The van der Waals surface area contributed by atoms with E-state index in [1.165, 1.54) is 12.3 Å². The average Bonchev–Trinajstić information content (AvgIpc) is 2.43. The molecule has 2 rings (SSSR count). The molecule has 0 saturated heterocycles. The van der Waals surface area contributed by atoms with E-state index in [9.17, 15) is 9.59 Å². The largest absolute Gasteiger partial charge is 0.481 e. The van der Waals surface area contributed by atoms with Gasteiger partial charge < -0.3 is 10.4 Å². The highest BCUT2D eigenvalue weighted by molar-refractivity contribution is 6.35. The molecule has 1 heterocycles. The first-order valence-electron chi connectivity index (χ1n) is 5.89. The van der Waals surface area contributed by atoms with Gasteiger partial charge in [-0.3, -0.25) is 9.59 Å². The number of carbonyl (C=O) groups is 2. The number of carbonyl (C=O) groups excluding carboxylic acids is 1. The monoisotopic (exact) mass is 324 g/mol. The Balaban J connectivity index is 2.27. The molecule has 5 nitrogen and oxygen atoms in total. The standard InChI is InChI=1S/C14H10Cl2N2O3/c15-10-7-17-12(16)6-9(10)14(21)18-11-4-2-1-3-8(11)5-13(19)20/h1-4,6-7H,5H2,(H,18,21)(H,19,20). The lowest BCUT2D eigenvalue weighted by Gasteiger charge is -2.10. The van der Waals surface area contributed by atoms with Gasteiger partial charge in [0.2, 0.25) is 0 Å². The molecule has 0 aliphatic heterocycles. The Morgan fingerprint density at radius 2 is 1.95 bits per heavy atom. The third-order valence-corrected chi connectivity index (χ3v) is 3.18. The van der Waals surface area contributed by atoms with Crippen molar-refractivity contribution in [2.75, 3.05) is 5.32 Å². The first kappa shape index (κ1) is 15.3. The number of anilines is 1. The van der Waals surface area contributed by atoms with Crippen LogP contribution in [0.3, 0.4) is 0 Å². The normalized spacial score (nSPS) is 10.2. The van der Waals surface area contributed by atoms with Crippen molar-refractivity contribution in [3.05, 3.63) is 57.8 Å². The minimum Gasteiger partial charge on any atom is -0.481 e. The molecule has 108 valence electrons. The molecule has 1 aromatic carbocycles. The zero-order valence-corrected chi connectivity index (χ0v) is 12.1. The van der Waals surface area contributed by atoms with Crippen molar-refractivity contribution >= 4 is 40.8 Å². The highest BCUT2D eigenvalue weighted by Gasteiger charge is 2.14. The lowest BCUT2D eigenvalue weighted by molar-refractivity contribution is -0.136. The maximum atomic E-state index is 12.2. The second-order valence-corrected chi connectivity index (χ2v) is 4.96. The molecule has 0 saturated carbocycles. The predicted octanol–water partition coefficient (Wildman–Crippen LogP) is 3.27. The Labute approximate surface area is 130 Å². The number of para-hydroxylation sites is 1. The number of aliphatic carboxylic acids is 1. The van der Waals surface area contributed by atoms with Gasteiger partial charge in [-0.05, 0) is 17.7 Å². The van der Waals surface area contributed by atoms with Crippen molar-refractivity contribution in [2.45, 2.75) is 6.42 Å². The minimum absolute atomic E-state index is 0.142. The van der Waals surface area contributed by atoms with Crippen LogP contribution >= 0.6 is 23.2 Å². The van der Waals surface area contributed by atoms with Crippen LogP contribution in [-0.4, -0.2) is 22.0 Å². The Kier molecular flexibility index (Phi) is 4.77. The fourth-order valence-corrected chi connectivity index (χ4v) is 2.08. The summed E-state index contributed by atoms with van der Waals surface area (Å²) in [7, 11) is 0. The second kappa shape index (κ2) is 6.56. The molecule has 1 amide bonds. The van der Waals surface area contributed by atoms with E-state index in [-0.39, 0.29) is 22.2 Å². The van der Waals surface area contributed by atoms with E-state index >= 15 is 0 Å². The lowest BCUT2D eigenvalue weighted by atomic mass is 10.1. The molecule has 1 aromatic heterocycles. The summed E-state index contributed by atoms with van der Waals surface area (Å²) in [6, 6.07) is 7.99. The average molecular weight is 325 g/mol. The number of aromatic nitrogens is 1. The molecular formula is C14H10Cl2N2O3. The summed E-state index contributed by atoms with van der Waals surface area (Å²) in [6.45, 7) is 0. The molecule has 2 aromatic rings. The van der Waals surface area contributed by atoms with Gasteiger partial charge in [0, 0.05) is 11.9 Å². The van der Waals surface area contributed by atoms with Crippen molar-refractivity contribution in [3.8, 4) is 0 Å². The molecule has 21 heavy (non-hydrogen) atoms. The Morgan fingerprint density at radius 1 is 1.24 bits per heavy atom. The number of rotatable bonds is 4. The van der Waals surface area contributed by atoms with Gasteiger partial charge in [0.25, 0.3) is 5.91 Å². The summed E-state index contributed by atoms with van der Waals surface area (Å²) in [5.41, 5.74) is 1.07. The number of nitrogens with one attached hydrogen (secondary N) is 1. The van der Waals surface area contributed by atoms with Crippen molar-refractivity contribution < 1.29 is 14.7 Å². The molecule has 0 radical (unpaired) electrons. The maximum absolute atomic E-state index is 12.2. The quantitative estimate of drug-likeness (QED) is 0.846. The van der Waals surface area contributed by atoms with Crippen LogP contribution < -0.4 is 5.32 Å². The van der Waals surface area contributed by atoms with E-state index in [0.29, 0.717) is 11.3 Å². The summed E-state index contributed by atoms with van der Waals surface area (Å²) < 4.78 is 0. The van der Waals surface area contributed by atoms with E-state index in [0.717, 1.165) is 0 Å². The SMILES string of the molecule is O=C(O)Cc1ccccc1NC(=O)c1cc(Cl)ncc1Cl. The molecule has 0 fully saturated rings. The molecular weight excluding hydrogens is 315 g/mol. The van der Waals surface area contributed by atoms with Gasteiger partial charge in [-0.15, -0.1) is 0 Å². The summed E-state index contributed by atoms with van der Waals surface area (Å²) in [4.78, 5) is 26.8. The van der Waals surface area contributed by atoms with E-state index in [1.54, 1.807) is 24.3 Å². The number of hydrogen-bond acceptors (Lipinski definition) is 3. The van der Waals surface area contributed by atoms with Gasteiger partial charge in [0.1, 0.15) is 5.15 Å². The van der Waals surface area contributed by atoms with Gasteiger partial charge in [0.05, 0.1) is 17.0 Å². The van der Waals surface area contributed by atoms with Crippen LogP contribution in [0, 0.1) is 0 Å². The molecule has 0 aliphatic rings. The Morgan fingerprint density at radius 3 is 2.67 bits per heavy atom. The summed E-state index contributed by atoms with van der Waals surface area (Å²) in [5.74, 6) is -1.47. The zero-order chi connectivity index (χ0) is 15.4. The van der Waals surface area contributed by atoms with Crippen molar-refractivity contribution in [2.24, 2.45) is 0 Å². The highest BCUT2D eigenvalue weighted by atomic mass is 35.5. The van der Waals surface area contributed by atoms with Gasteiger partial charge in [-0.1, -0.05) is 41.4 Å². The molecule has 0 bridgehead atoms. The van der Waals surface area contributed by atoms with E-state index in [1.807, 2.05) is 0 Å². The zero-order valence-electron chi connectivity index (χ0n) is 10.6. The topological polar surface area (TPSA) is 79.3 Å². The van der Waals surface area contributed by atoms with Gasteiger partial charge in [0.15, 0.2) is 0 Å². The molecule has 0 atom stereocenters. The molecule has 7 heteroatoms. The highest BCUT2D eigenvalue weighted by Crippen LogP contribution is 2.21.